The van der Waals surface area contributed by atoms with E-state index >= 15 is 0 Å². The number of fused-ring (bicyclic) bond motifs is 6. The molecule has 0 aliphatic heterocycles. The number of rotatable bonds is 6. The zero-order chi connectivity index (χ0) is 37.7. The summed E-state index contributed by atoms with van der Waals surface area (Å²) in [6.07, 6.45) is 0. The van der Waals surface area contributed by atoms with Crippen LogP contribution in [-0.2, 0) is 0 Å². The zero-order valence-electron chi connectivity index (χ0n) is 30.9. The van der Waals surface area contributed by atoms with E-state index < -0.39 is 0 Å². The minimum Gasteiger partial charge on any atom is -0.308 e. The fourth-order valence-corrected chi connectivity index (χ4v) is 8.36. The lowest BCUT2D eigenvalue weighted by Crippen LogP contribution is -1.98. The summed E-state index contributed by atoms with van der Waals surface area (Å²) in [6.45, 7) is 0. The predicted octanol–water partition coefficient (Wildman–Crippen LogP) is 13.6. The molecule has 0 aliphatic rings. The SMILES string of the molecule is c1ccc(-c2ccc(-c3cc(-c4ccccc4)nc(-c4ccc(-c5nc6ccccc6c6c5c5ccccc5n6-c5ccccc5)c5ccccc45)n3)cc2)cc1. The summed E-state index contributed by atoms with van der Waals surface area (Å²) in [5.41, 5.74) is 13.5. The van der Waals surface area contributed by atoms with Crippen molar-refractivity contribution in [2.45, 2.75) is 0 Å². The van der Waals surface area contributed by atoms with Crippen molar-refractivity contribution in [3.8, 4) is 62.0 Å². The first-order valence-corrected chi connectivity index (χ1v) is 19.3. The normalized spacial score (nSPS) is 11.5. The highest BCUT2D eigenvalue weighted by molar-refractivity contribution is 6.24. The van der Waals surface area contributed by atoms with Gasteiger partial charge in [-0.1, -0.05) is 170 Å². The van der Waals surface area contributed by atoms with Gasteiger partial charge in [0.15, 0.2) is 5.82 Å². The third-order valence-electron chi connectivity index (χ3n) is 11.0. The van der Waals surface area contributed by atoms with Crippen LogP contribution in [0.15, 0.2) is 206 Å². The molecule has 0 atom stereocenters. The number of hydrogen-bond acceptors (Lipinski definition) is 3. The fourth-order valence-electron chi connectivity index (χ4n) is 8.36. The maximum absolute atomic E-state index is 5.48. The van der Waals surface area contributed by atoms with Crippen LogP contribution in [0.5, 0.6) is 0 Å². The monoisotopic (exact) mass is 726 g/mol. The summed E-state index contributed by atoms with van der Waals surface area (Å²) in [5, 5.41) is 5.58. The van der Waals surface area contributed by atoms with Gasteiger partial charge >= 0.3 is 0 Å². The van der Waals surface area contributed by atoms with E-state index in [9.17, 15) is 0 Å². The van der Waals surface area contributed by atoms with Crippen molar-refractivity contribution in [1.29, 1.82) is 0 Å². The number of hydrogen-bond donors (Lipinski definition) is 0. The van der Waals surface area contributed by atoms with Crippen molar-refractivity contribution in [3.63, 3.8) is 0 Å². The van der Waals surface area contributed by atoms with Crippen LogP contribution in [0.25, 0.3) is 105 Å². The third kappa shape index (κ3) is 5.58. The molecule has 4 heteroatoms. The third-order valence-corrected chi connectivity index (χ3v) is 11.0. The molecule has 0 saturated carbocycles. The number of aromatic nitrogens is 4. The van der Waals surface area contributed by atoms with Gasteiger partial charge in [0.2, 0.25) is 0 Å². The maximum atomic E-state index is 5.48. The molecule has 4 nitrogen and oxygen atoms in total. The minimum atomic E-state index is 0.679. The smallest absolute Gasteiger partial charge is 0.161 e. The first kappa shape index (κ1) is 32.7. The molecule has 8 aromatic carbocycles. The Morgan fingerprint density at radius 3 is 1.54 bits per heavy atom. The standard InChI is InChI=1S/C53H34N4/c1-4-16-35(17-5-1)36-28-30-38(31-29-36)48-34-47(37-18-6-2-7-19-37)55-53(56-48)43-33-32-42(40-22-10-11-23-41(40)43)51-50-45-25-13-15-27-49(45)57(39-20-8-3-9-21-39)52(50)44-24-12-14-26-46(44)54-51/h1-34H. The van der Waals surface area contributed by atoms with Crippen LogP contribution < -0.4 is 0 Å². The quantitative estimate of drug-likeness (QED) is 0.171. The Labute approximate surface area is 330 Å². The molecule has 0 amide bonds. The van der Waals surface area contributed by atoms with Crippen LogP contribution in [0.2, 0.25) is 0 Å². The van der Waals surface area contributed by atoms with Gasteiger partial charge in [0.1, 0.15) is 0 Å². The van der Waals surface area contributed by atoms with Crippen molar-refractivity contribution >= 4 is 43.5 Å². The van der Waals surface area contributed by atoms with E-state index in [1.807, 2.05) is 12.1 Å². The van der Waals surface area contributed by atoms with Crippen molar-refractivity contribution in [2.75, 3.05) is 0 Å². The minimum absolute atomic E-state index is 0.679. The topological polar surface area (TPSA) is 43.6 Å². The van der Waals surface area contributed by atoms with Gasteiger partial charge in [-0.3, -0.25) is 0 Å². The zero-order valence-corrected chi connectivity index (χ0v) is 30.9. The molecule has 57 heavy (non-hydrogen) atoms. The van der Waals surface area contributed by atoms with Crippen molar-refractivity contribution in [3.05, 3.63) is 206 Å². The van der Waals surface area contributed by atoms with Crippen LogP contribution >= 0.6 is 0 Å². The lowest BCUT2D eigenvalue weighted by molar-refractivity contribution is 1.18. The first-order chi connectivity index (χ1) is 28.3. The fraction of sp³-hybridized carbons (Fsp3) is 0. The average molecular weight is 727 g/mol. The first-order valence-electron chi connectivity index (χ1n) is 19.3. The summed E-state index contributed by atoms with van der Waals surface area (Å²) < 4.78 is 2.39. The van der Waals surface area contributed by atoms with Crippen LogP contribution in [-0.4, -0.2) is 19.5 Å². The van der Waals surface area contributed by atoms with Gasteiger partial charge in [0.05, 0.1) is 33.6 Å². The Balaban J connectivity index is 1.14. The van der Waals surface area contributed by atoms with E-state index in [1.54, 1.807) is 0 Å². The van der Waals surface area contributed by atoms with Gasteiger partial charge in [-0.05, 0) is 58.3 Å². The number of nitrogens with zero attached hydrogens (tertiary/aromatic N) is 4. The van der Waals surface area contributed by atoms with Crippen LogP contribution in [0, 0.1) is 0 Å². The second kappa shape index (κ2) is 13.6. The van der Waals surface area contributed by atoms with Gasteiger partial charge in [-0.2, -0.15) is 0 Å². The predicted molar refractivity (Wildman–Crippen MR) is 236 cm³/mol. The molecule has 0 bridgehead atoms. The summed E-state index contributed by atoms with van der Waals surface area (Å²) in [7, 11) is 0. The largest absolute Gasteiger partial charge is 0.308 e. The molecule has 11 aromatic rings. The molecule has 0 radical (unpaired) electrons. The van der Waals surface area contributed by atoms with E-state index in [0.717, 1.165) is 83.1 Å². The van der Waals surface area contributed by atoms with Crippen molar-refractivity contribution in [1.82, 2.24) is 19.5 Å². The highest BCUT2D eigenvalue weighted by atomic mass is 15.0. The molecule has 0 fully saturated rings. The molecule has 0 aliphatic carbocycles. The Bertz CT molecular complexity index is 3260. The molecule has 0 spiro atoms. The highest BCUT2D eigenvalue weighted by Gasteiger charge is 2.22. The van der Waals surface area contributed by atoms with Gasteiger partial charge in [0, 0.05) is 44.1 Å². The molecule has 3 heterocycles. The molecule has 0 N–H and O–H groups in total. The average Bonchev–Trinajstić information content (AvgIpc) is 3.65. The molecule has 3 aromatic heterocycles. The molecule has 11 rings (SSSR count). The molecular formula is C53H34N4. The van der Waals surface area contributed by atoms with E-state index in [-0.39, 0.29) is 0 Å². The summed E-state index contributed by atoms with van der Waals surface area (Å²) >= 11 is 0. The Hall–Kier alpha value is -7.69. The Kier molecular flexibility index (Phi) is 7.78. The van der Waals surface area contributed by atoms with Crippen LogP contribution in [0.3, 0.4) is 0 Å². The summed E-state index contributed by atoms with van der Waals surface area (Å²) in [4.78, 5) is 16.0. The molecule has 0 saturated heterocycles. The van der Waals surface area contributed by atoms with Crippen molar-refractivity contribution < 1.29 is 0 Å². The lowest BCUT2D eigenvalue weighted by Gasteiger charge is -2.15. The summed E-state index contributed by atoms with van der Waals surface area (Å²) in [6, 6.07) is 72.4. The van der Waals surface area contributed by atoms with Crippen molar-refractivity contribution in [2.24, 2.45) is 0 Å². The summed E-state index contributed by atoms with van der Waals surface area (Å²) in [5.74, 6) is 0.679. The van der Waals surface area contributed by atoms with Gasteiger partial charge in [-0.15, -0.1) is 0 Å². The molecule has 0 unspecified atom stereocenters. The highest BCUT2D eigenvalue weighted by Crippen LogP contribution is 2.44. The number of para-hydroxylation sites is 3. The second-order valence-electron chi connectivity index (χ2n) is 14.4. The van der Waals surface area contributed by atoms with Gasteiger partial charge in [0.25, 0.3) is 0 Å². The van der Waals surface area contributed by atoms with Crippen LogP contribution in [0.4, 0.5) is 0 Å². The lowest BCUT2D eigenvalue weighted by atomic mass is 9.94. The van der Waals surface area contributed by atoms with E-state index in [0.29, 0.717) is 5.82 Å². The van der Waals surface area contributed by atoms with E-state index in [2.05, 4.69) is 199 Å². The molecular weight excluding hydrogens is 693 g/mol. The maximum Gasteiger partial charge on any atom is 0.161 e. The Morgan fingerprint density at radius 2 is 0.842 bits per heavy atom. The van der Waals surface area contributed by atoms with E-state index in [4.69, 9.17) is 15.0 Å². The Morgan fingerprint density at radius 1 is 0.351 bits per heavy atom. The van der Waals surface area contributed by atoms with Gasteiger partial charge < -0.3 is 4.57 Å². The van der Waals surface area contributed by atoms with E-state index in [1.165, 1.54) is 16.5 Å². The second-order valence-corrected chi connectivity index (χ2v) is 14.4. The number of benzene rings is 8. The van der Waals surface area contributed by atoms with Crippen LogP contribution in [0.1, 0.15) is 0 Å². The molecule has 266 valence electrons. The number of pyridine rings is 1. The van der Waals surface area contributed by atoms with Gasteiger partial charge in [-0.25, -0.2) is 15.0 Å².